The molecule has 0 aliphatic rings. The van der Waals surface area contributed by atoms with Crippen molar-refractivity contribution in [2.75, 3.05) is 0 Å². The molecule has 94 valence electrons. The largest absolute Gasteiger partial charge is 0.337 e. The lowest BCUT2D eigenvalue weighted by molar-refractivity contribution is 0.951. The molecule has 2 aromatic carbocycles. The molecule has 3 rings (SSSR count). The molecule has 0 aliphatic carbocycles. The van der Waals surface area contributed by atoms with Crippen LogP contribution in [0.15, 0.2) is 54.6 Å². The number of benzene rings is 2. The zero-order chi connectivity index (χ0) is 13.9. The maximum absolute atomic E-state index is 8.76. The summed E-state index contributed by atoms with van der Waals surface area (Å²) in [5.74, 6) is 6.32. The number of hydrogen-bond acceptors (Lipinski definition) is 1. The number of aromatic nitrogens is 1. The average molecular weight is 256 g/mol. The lowest BCUT2D eigenvalue weighted by atomic mass is 10.1. The Hall–Kier alpha value is -2.97. The van der Waals surface area contributed by atoms with E-state index in [1.165, 1.54) is 10.9 Å². The smallest absolute Gasteiger partial charge is 0.0991 e. The highest BCUT2D eigenvalue weighted by atomic mass is 14.9. The molecule has 20 heavy (non-hydrogen) atoms. The van der Waals surface area contributed by atoms with E-state index >= 15 is 0 Å². The van der Waals surface area contributed by atoms with Crippen LogP contribution in [0.1, 0.15) is 16.8 Å². The second-order valence-electron chi connectivity index (χ2n) is 4.59. The van der Waals surface area contributed by atoms with Crippen LogP contribution in [0.4, 0.5) is 0 Å². The summed E-state index contributed by atoms with van der Waals surface area (Å²) in [5, 5.41) is 9.96. The first-order valence-electron chi connectivity index (χ1n) is 6.34. The molecule has 0 spiro atoms. The number of fused-ring (bicyclic) bond motifs is 1. The minimum absolute atomic E-state index is 0.653. The molecule has 0 atom stereocenters. The normalized spacial score (nSPS) is 9.80. The number of aryl methyl sites for hydroxylation is 1. The molecule has 0 radical (unpaired) electrons. The van der Waals surface area contributed by atoms with Gasteiger partial charge in [0.1, 0.15) is 0 Å². The average Bonchev–Trinajstić information content (AvgIpc) is 2.83. The van der Waals surface area contributed by atoms with E-state index in [0.29, 0.717) is 5.56 Å². The van der Waals surface area contributed by atoms with Crippen molar-refractivity contribution in [3.05, 3.63) is 71.4 Å². The van der Waals surface area contributed by atoms with E-state index in [9.17, 15) is 0 Å². The standard InChI is InChI=1S/C18H12N2/c1-20-17(12-16-4-2-3-5-18(16)20)11-10-14-6-8-15(13-19)9-7-14/h2-9,12H,1H3. The predicted molar refractivity (Wildman–Crippen MR) is 80.1 cm³/mol. The molecule has 0 saturated carbocycles. The van der Waals surface area contributed by atoms with E-state index in [2.05, 4.69) is 40.7 Å². The van der Waals surface area contributed by atoms with Crippen molar-refractivity contribution in [1.82, 2.24) is 4.57 Å². The summed E-state index contributed by atoms with van der Waals surface area (Å²) in [6.45, 7) is 0. The second kappa shape index (κ2) is 4.96. The van der Waals surface area contributed by atoms with Gasteiger partial charge in [0, 0.05) is 23.5 Å². The molecule has 0 N–H and O–H groups in total. The Morgan fingerprint density at radius 3 is 2.30 bits per heavy atom. The summed E-state index contributed by atoms with van der Waals surface area (Å²) in [7, 11) is 2.02. The first kappa shape index (κ1) is 12.1. The Morgan fingerprint density at radius 2 is 1.60 bits per heavy atom. The fourth-order valence-electron chi connectivity index (χ4n) is 2.17. The van der Waals surface area contributed by atoms with Crippen molar-refractivity contribution in [3.8, 4) is 17.9 Å². The fraction of sp³-hybridized carbons (Fsp3) is 0.0556. The summed E-state index contributed by atoms with van der Waals surface area (Å²) < 4.78 is 2.09. The number of rotatable bonds is 0. The van der Waals surface area contributed by atoms with Crippen LogP contribution in [0, 0.1) is 23.2 Å². The van der Waals surface area contributed by atoms with Gasteiger partial charge in [0.2, 0.25) is 0 Å². The van der Waals surface area contributed by atoms with E-state index in [-0.39, 0.29) is 0 Å². The molecule has 0 fully saturated rings. The van der Waals surface area contributed by atoms with Crippen LogP contribution in [0.5, 0.6) is 0 Å². The third-order valence-corrected chi connectivity index (χ3v) is 3.30. The summed E-state index contributed by atoms with van der Waals surface area (Å²) in [4.78, 5) is 0. The topological polar surface area (TPSA) is 28.7 Å². The molecule has 0 unspecified atom stereocenters. The van der Waals surface area contributed by atoms with Gasteiger partial charge in [-0.3, -0.25) is 0 Å². The van der Waals surface area contributed by atoms with E-state index in [1.807, 2.05) is 31.3 Å². The highest BCUT2D eigenvalue weighted by Gasteiger charge is 2.01. The van der Waals surface area contributed by atoms with Gasteiger partial charge in [0.05, 0.1) is 17.3 Å². The zero-order valence-corrected chi connectivity index (χ0v) is 11.1. The van der Waals surface area contributed by atoms with Gasteiger partial charge in [-0.1, -0.05) is 24.1 Å². The van der Waals surface area contributed by atoms with E-state index in [0.717, 1.165) is 11.3 Å². The molecule has 1 aromatic heterocycles. The molecule has 0 saturated heterocycles. The predicted octanol–water partition coefficient (Wildman–Crippen LogP) is 3.45. The highest BCUT2D eigenvalue weighted by molar-refractivity contribution is 5.82. The van der Waals surface area contributed by atoms with Crippen LogP contribution < -0.4 is 0 Å². The van der Waals surface area contributed by atoms with Gasteiger partial charge in [-0.05, 0) is 42.3 Å². The Balaban J connectivity index is 1.99. The van der Waals surface area contributed by atoms with Crippen LogP contribution >= 0.6 is 0 Å². The van der Waals surface area contributed by atoms with Crippen molar-refractivity contribution in [2.24, 2.45) is 7.05 Å². The first-order chi connectivity index (χ1) is 9.78. The molecular formula is C18H12N2. The van der Waals surface area contributed by atoms with Crippen LogP contribution in [-0.2, 0) is 7.05 Å². The summed E-state index contributed by atoms with van der Waals surface area (Å²) in [5.41, 5.74) is 3.72. The van der Waals surface area contributed by atoms with Crippen molar-refractivity contribution >= 4 is 10.9 Å². The molecule has 0 bridgehead atoms. The molecule has 3 aromatic rings. The summed E-state index contributed by atoms with van der Waals surface area (Å²) in [6.07, 6.45) is 0. The van der Waals surface area contributed by atoms with Gasteiger partial charge in [0.25, 0.3) is 0 Å². The van der Waals surface area contributed by atoms with Crippen molar-refractivity contribution in [3.63, 3.8) is 0 Å². The summed E-state index contributed by atoms with van der Waals surface area (Å²) >= 11 is 0. The molecule has 0 aliphatic heterocycles. The molecule has 2 heteroatoms. The maximum Gasteiger partial charge on any atom is 0.0991 e. The number of hydrogen-bond donors (Lipinski definition) is 0. The molecule has 1 heterocycles. The highest BCUT2D eigenvalue weighted by Crippen LogP contribution is 2.17. The quantitative estimate of drug-likeness (QED) is 0.566. The Morgan fingerprint density at radius 1 is 0.900 bits per heavy atom. The number of para-hydroxylation sites is 1. The third-order valence-electron chi connectivity index (χ3n) is 3.30. The Bertz CT molecular complexity index is 866. The maximum atomic E-state index is 8.76. The van der Waals surface area contributed by atoms with Crippen LogP contribution in [0.2, 0.25) is 0 Å². The van der Waals surface area contributed by atoms with Crippen molar-refractivity contribution in [1.29, 1.82) is 5.26 Å². The van der Waals surface area contributed by atoms with Crippen molar-refractivity contribution in [2.45, 2.75) is 0 Å². The van der Waals surface area contributed by atoms with Crippen molar-refractivity contribution < 1.29 is 0 Å². The van der Waals surface area contributed by atoms with E-state index < -0.39 is 0 Å². The van der Waals surface area contributed by atoms with E-state index in [4.69, 9.17) is 5.26 Å². The van der Waals surface area contributed by atoms with Gasteiger partial charge in [0.15, 0.2) is 0 Å². The molecular weight excluding hydrogens is 244 g/mol. The minimum Gasteiger partial charge on any atom is -0.337 e. The SMILES string of the molecule is Cn1c(C#Cc2ccc(C#N)cc2)cc2ccccc21. The molecule has 0 amide bonds. The van der Waals surface area contributed by atoms with Gasteiger partial charge in [-0.25, -0.2) is 0 Å². The van der Waals surface area contributed by atoms with Crippen LogP contribution in [-0.4, -0.2) is 4.57 Å². The van der Waals surface area contributed by atoms with E-state index in [1.54, 1.807) is 12.1 Å². The Labute approximate surface area is 117 Å². The van der Waals surface area contributed by atoms with Gasteiger partial charge in [-0.2, -0.15) is 5.26 Å². The van der Waals surface area contributed by atoms with Gasteiger partial charge in [-0.15, -0.1) is 0 Å². The third kappa shape index (κ3) is 2.16. The number of nitriles is 1. The zero-order valence-electron chi connectivity index (χ0n) is 11.1. The van der Waals surface area contributed by atoms with Crippen LogP contribution in [0.3, 0.4) is 0 Å². The minimum atomic E-state index is 0.653. The fourth-order valence-corrected chi connectivity index (χ4v) is 2.17. The summed E-state index contributed by atoms with van der Waals surface area (Å²) in [6, 6.07) is 19.7. The number of nitrogens with zero attached hydrogens (tertiary/aromatic N) is 2. The second-order valence-corrected chi connectivity index (χ2v) is 4.59. The lowest BCUT2D eigenvalue weighted by Gasteiger charge is -1.96. The molecule has 2 nitrogen and oxygen atoms in total. The monoisotopic (exact) mass is 256 g/mol. The van der Waals surface area contributed by atoms with Gasteiger partial charge >= 0.3 is 0 Å². The Kier molecular flexibility index (Phi) is 2.99. The first-order valence-corrected chi connectivity index (χ1v) is 6.34. The van der Waals surface area contributed by atoms with Crippen LogP contribution in [0.25, 0.3) is 10.9 Å². The van der Waals surface area contributed by atoms with Gasteiger partial charge < -0.3 is 4.57 Å². The lowest BCUT2D eigenvalue weighted by Crippen LogP contribution is -1.90.